The van der Waals surface area contributed by atoms with Crippen LogP contribution in [0.1, 0.15) is 31.7 Å². The number of rotatable bonds is 2. The third-order valence-electron chi connectivity index (χ3n) is 6.77. The number of piperidine rings is 2. The van der Waals surface area contributed by atoms with Crippen molar-refractivity contribution in [2.45, 2.75) is 31.7 Å². The highest BCUT2D eigenvalue weighted by Gasteiger charge is 2.40. The summed E-state index contributed by atoms with van der Waals surface area (Å²) in [6, 6.07) is 5.27. The number of hydrogen-bond acceptors (Lipinski definition) is 5. The standard InChI is InChI=1S/C20H25N5O3/c1-23-17-13(24-9-7-20(8-10-24)11-21-12-20)3-2-4-14(17)25(19(23)28)15-5-6-16(26)22-18(15)27/h2-4,15,21H,5-12H2,1H3,(H,22,26,27)/t15-/m1/s1. The van der Waals surface area contributed by atoms with E-state index in [1.807, 2.05) is 12.1 Å². The zero-order valence-electron chi connectivity index (χ0n) is 16.0. The number of fused-ring (bicyclic) bond motifs is 1. The van der Waals surface area contributed by atoms with Gasteiger partial charge in [-0.3, -0.25) is 24.0 Å². The van der Waals surface area contributed by atoms with E-state index in [4.69, 9.17) is 0 Å². The lowest BCUT2D eigenvalue weighted by molar-refractivity contribution is -0.135. The van der Waals surface area contributed by atoms with Gasteiger partial charge in [0.1, 0.15) is 6.04 Å². The molecule has 2 aromatic rings. The molecule has 3 aliphatic rings. The highest BCUT2D eigenvalue weighted by atomic mass is 16.2. The molecule has 1 aromatic carbocycles. The summed E-state index contributed by atoms with van der Waals surface area (Å²) in [5, 5.41) is 5.76. The van der Waals surface area contributed by atoms with Gasteiger partial charge in [0.2, 0.25) is 11.8 Å². The average Bonchev–Trinajstić information content (AvgIpc) is 2.92. The summed E-state index contributed by atoms with van der Waals surface area (Å²) in [6.07, 6.45) is 2.91. The molecule has 1 atom stereocenters. The molecule has 28 heavy (non-hydrogen) atoms. The maximum absolute atomic E-state index is 13.0. The van der Waals surface area contributed by atoms with Crippen molar-refractivity contribution >= 4 is 28.5 Å². The Kier molecular flexibility index (Phi) is 3.87. The van der Waals surface area contributed by atoms with Crippen LogP contribution in [-0.4, -0.2) is 47.1 Å². The van der Waals surface area contributed by atoms with Crippen LogP contribution in [0.15, 0.2) is 23.0 Å². The second kappa shape index (κ2) is 6.20. The lowest BCUT2D eigenvalue weighted by atomic mass is 9.73. The van der Waals surface area contributed by atoms with E-state index in [0.717, 1.165) is 55.7 Å². The Bertz CT molecular complexity index is 1020. The van der Waals surface area contributed by atoms with E-state index >= 15 is 0 Å². The topological polar surface area (TPSA) is 88.4 Å². The number of carbonyl (C=O) groups is 2. The molecule has 3 aliphatic heterocycles. The Hall–Kier alpha value is -2.61. The van der Waals surface area contributed by atoms with Crippen LogP contribution in [0.2, 0.25) is 0 Å². The Balaban J connectivity index is 1.55. The van der Waals surface area contributed by atoms with E-state index in [2.05, 4.69) is 21.6 Å². The molecule has 148 valence electrons. The Labute approximate surface area is 162 Å². The van der Waals surface area contributed by atoms with Crippen LogP contribution in [-0.2, 0) is 16.6 Å². The third kappa shape index (κ3) is 2.51. The van der Waals surface area contributed by atoms with E-state index in [9.17, 15) is 14.4 Å². The molecule has 3 fully saturated rings. The minimum atomic E-state index is -0.644. The van der Waals surface area contributed by atoms with E-state index < -0.39 is 11.9 Å². The van der Waals surface area contributed by atoms with E-state index in [-0.39, 0.29) is 18.0 Å². The van der Waals surface area contributed by atoms with Crippen molar-refractivity contribution in [2.24, 2.45) is 12.5 Å². The van der Waals surface area contributed by atoms with Crippen LogP contribution in [0.5, 0.6) is 0 Å². The molecule has 0 bridgehead atoms. The predicted octanol–water partition coefficient (Wildman–Crippen LogP) is 0.508. The van der Waals surface area contributed by atoms with Gasteiger partial charge in [0.25, 0.3) is 0 Å². The van der Waals surface area contributed by atoms with E-state index in [0.29, 0.717) is 11.8 Å². The quantitative estimate of drug-likeness (QED) is 0.738. The van der Waals surface area contributed by atoms with Crippen LogP contribution in [0.3, 0.4) is 0 Å². The third-order valence-corrected chi connectivity index (χ3v) is 6.77. The number of benzene rings is 1. The number of aromatic nitrogens is 2. The first-order chi connectivity index (χ1) is 13.5. The van der Waals surface area contributed by atoms with Gasteiger partial charge in [-0.15, -0.1) is 0 Å². The van der Waals surface area contributed by atoms with Crippen LogP contribution in [0, 0.1) is 5.41 Å². The fraction of sp³-hybridized carbons (Fsp3) is 0.550. The monoisotopic (exact) mass is 383 g/mol. The predicted molar refractivity (Wildman–Crippen MR) is 105 cm³/mol. The lowest BCUT2D eigenvalue weighted by Crippen LogP contribution is -2.58. The van der Waals surface area contributed by atoms with Gasteiger partial charge in [-0.25, -0.2) is 4.79 Å². The van der Waals surface area contributed by atoms with Gasteiger partial charge in [0.05, 0.1) is 16.7 Å². The van der Waals surface area contributed by atoms with Crippen molar-refractivity contribution < 1.29 is 9.59 Å². The van der Waals surface area contributed by atoms with Crippen LogP contribution in [0.25, 0.3) is 11.0 Å². The van der Waals surface area contributed by atoms with Gasteiger partial charge in [-0.2, -0.15) is 0 Å². The highest BCUT2D eigenvalue weighted by Crippen LogP contribution is 2.38. The van der Waals surface area contributed by atoms with Crippen LogP contribution in [0.4, 0.5) is 5.69 Å². The van der Waals surface area contributed by atoms with Crippen molar-refractivity contribution in [3.05, 3.63) is 28.7 Å². The molecule has 8 nitrogen and oxygen atoms in total. The SMILES string of the molecule is Cn1c(=O)n([C@@H]2CCC(=O)NC2=O)c2cccc(N3CCC4(CC3)CNC4)c21. The minimum absolute atomic E-state index is 0.214. The lowest BCUT2D eigenvalue weighted by Gasteiger charge is -2.49. The summed E-state index contributed by atoms with van der Waals surface area (Å²) < 4.78 is 3.20. The smallest absolute Gasteiger partial charge is 0.329 e. The van der Waals surface area contributed by atoms with Gasteiger partial charge in [-0.05, 0) is 36.8 Å². The highest BCUT2D eigenvalue weighted by molar-refractivity contribution is 6.00. The summed E-state index contributed by atoms with van der Waals surface area (Å²) >= 11 is 0. The van der Waals surface area contributed by atoms with Gasteiger partial charge in [0.15, 0.2) is 0 Å². The van der Waals surface area contributed by atoms with Crippen LogP contribution < -0.4 is 21.2 Å². The van der Waals surface area contributed by atoms with Crippen molar-refractivity contribution in [1.82, 2.24) is 19.8 Å². The van der Waals surface area contributed by atoms with Gasteiger partial charge < -0.3 is 10.2 Å². The largest absolute Gasteiger partial charge is 0.370 e. The van der Waals surface area contributed by atoms with Crippen LogP contribution >= 0.6 is 0 Å². The van der Waals surface area contributed by atoms with Crippen molar-refractivity contribution in [3.8, 4) is 0 Å². The number of nitrogens with one attached hydrogen (secondary N) is 2. The maximum Gasteiger partial charge on any atom is 0.329 e. The van der Waals surface area contributed by atoms with Gasteiger partial charge in [0, 0.05) is 39.6 Å². The number of carbonyl (C=O) groups excluding carboxylic acids is 2. The molecule has 2 amide bonds. The first-order valence-corrected chi connectivity index (χ1v) is 9.98. The zero-order chi connectivity index (χ0) is 19.5. The van der Waals surface area contributed by atoms with Crippen molar-refractivity contribution in [2.75, 3.05) is 31.1 Å². The van der Waals surface area contributed by atoms with Crippen molar-refractivity contribution in [3.63, 3.8) is 0 Å². The molecule has 0 saturated carbocycles. The molecule has 3 saturated heterocycles. The van der Waals surface area contributed by atoms with E-state index in [1.165, 1.54) is 0 Å². The average molecular weight is 383 g/mol. The number of anilines is 1. The molecule has 0 radical (unpaired) electrons. The normalized spacial score (nSPS) is 24.5. The maximum atomic E-state index is 13.0. The second-order valence-electron chi connectivity index (χ2n) is 8.41. The molecular formula is C20H25N5O3. The molecule has 4 heterocycles. The molecule has 0 aliphatic carbocycles. The Morgan fingerprint density at radius 3 is 2.50 bits per heavy atom. The summed E-state index contributed by atoms with van der Waals surface area (Å²) in [4.78, 5) is 39.3. The second-order valence-corrected chi connectivity index (χ2v) is 8.41. The number of hydrogen-bond donors (Lipinski definition) is 2. The zero-order valence-corrected chi connectivity index (χ0v) is 16.0. The Morgan fingerprint density at radius 1 is 1.11 bits per heavy atom. The molecule has 1 spiro atoms. The first kappa shape index (κ1) is 17.5. The fourth-order valence-corrected chi connectivity index (χ4v) is 4.96. The van der Waals surface area contributed by atoms with Crippen molar-refractivity contribution in [1.29, 1.82) is 0 Å². The number of imide groups is 1. The number of para-hydroxylation sites is 1. The number of nitrogens with zero attached hydrogens (tertiary/aromatic N) is 3. The first-order valence-electron chi connectivity index (χ1n) is 9.98. The minimum Gasteiger partial charge on any atom is -0.370 e. The van der Waals surface area contributed by atoms with Gasteiger partial charge in [-0.1, -0.05) is 6.07 Å². The molecule has 0 unspecified atom stereocenters. The number of amides is 2. The Morgan fingerprint density at radius 2 is 1.86 bits per heavy atom. The fourth-order valence-electron chi connectivity index (χ4n) is 4.96. The van der Waals surface area contributed by atoms with E-state index in [1.54, 1.807) is 16.2 Å². The number of imidazole rings is 1. The summed E-state index contributed by atoms with van der Waals surface area (Å²) in [5.41, 5.74) is 2.90. The van der Waals surface area contributed by atoms with Gasteiger partial charge >= 0.3 is 5.69 Å². The molecule has 5 rings (SSSR count). The summed E-state index contributed by atoms with van der Waals surface area (Å²) in [7, 11) is 1.76. The molecule has 2 N–H and O–H groups in total. The molecular weight excluding hydrogens is 358 g/mol. The summed E-state index contributed by atoms with van der Waals surface area (Å²) in [6.45, 7) is 4.15. The molecule has 8 heteroatoms. The summed E-state index contributed by atoms with van der Waals surface area (Å²) in [5.74, 6) is -0.670. The number of aryl methyl sites for hydroxylation is 1. The molecule has 1 aromatic heterocycles.